The molecule has 3 rings (SSSR count). The smallest absolute Gasteiger partial charge is 0.238 e. The predicted octanol–water partition coefficient (Wildman–Crippen LogP) is 2.89. The first kappa shape index (κ1) is 16.2. The number of ketones is 1. The minimum absolute atomic E-state index is 0.0166. The summed E-state index contributed by atoms with van der Waals surface area (Å²) < 4.78 is 0. The summed E-state index contributed by atoms with van der Waals surface area (Å²) in [5, 5.41) is 10.5. The van der Waals surface area contributed by atoms with E-state index in [1.54, 1.807) is 0 Å². The normalized spacial score (nSPS) is 31.1. The summed E-state index contributed by atoms with van der Waals surface area (Å²) in [7, 11) is 0. The maximum Gasteiger partial charge on any atom is 0.238 e. The summed E-state index contributed by atoms with van der Waals surface area (Å²) in [5.41, 5.74) is 0.110. The van der Waals surface area contributed by atoms with E-state index in [1.807, 2.05) is 30.3 Å². The quantitative estimate of drug-likeness (QED) is 0.869. The summed E-state index contributed by atoms with van der Waals surface area (Å²) in [6, 6.07) is 9.67. The van der Waals surface area contributed by atoms with Gasteiger partial charge >= 0.3 is 0 Å². The molecule has 0 bridgehead atoms. The fourth-order valence-corrected chi connectivity index (χ4v) is 4.37. The van der Waals surface area contributed by atoms with E-state index in [0.717, 1.165) is 24.8 Å². The van der Waals surface area contributed by atoms with E-state index in [2.05, 4.69) is 6.92 Å². The molecule has 3 atom stereocenters. The monoisotopic (exact) mass is 315 g/mol. The van der Waals surface area contributed by atoms with Crippen molar-refractivity contribution in [3.63, 3.8) is 0 Å². The maximum absolute atomic E-state index is 13.2. The topological polar surface area (TPSA) is 57.6 Å². The summed E-state index contributed by atoms with van der Waals surface area (Å²) in [6.07, 6.45) is 3.41. The number of Topliss-reactive ketones (excluding diaryl/α,β-unsaturated/α-hetero) is 1. The Morgan fingerprint density at radius 3 is 2.61 bits per heavy atom. The Morgan fingerprint density at radius 1 is 1.26 bits per heavy atom. The van der Waals surface area contributed by atoms with Gasteiger partial charge < -0.3 is 10.0 Å². The Labute approximate surface area is 137 Å². The third kappa shape index (κ3) is 2.69. The van der Waals surface area contributed by atoms with Gasteiger partial charge in [0.25, 0.3) is 0 Å². The number of aliphatic hydroxyl groups excluding tert-OH is 1. The van der Waals surface area contributed by atoms with Crippen molar-refractivity contribution in [1.82, 2.24) is 4.90 Å². The second-order valence-electron chi connectivity index (χ2n) is 6.87. The second-order valence-corrected chi connectivity index (χ2v) is 6.87. The molecule has 1 heterocycles. The molecule has 0 aromatic heterocycles. The third-order valence-corrected chi connectivity index (χ3v) is 5.50. The van der Waals surface area contributed by atoms with E-state index in [-0.39, 0.29) is 17.6 Å². The van der Waals surface area contributed by atoms with Gasteiger partial charge in [-0.25, -0.2) is 0 Å². The summed E-state index contributed by atoms with van der Waals surface area (Å²) in [6.45, 7) is 2.44. The van der Waals surface area contributed by atoms with Crippen molar-refractivity contribution in [2.45, 2.75) is 58.2 Å². The number of hydrogen-bond acceptors (Lipinski definition) is 3. The van der Waals surface area contributed by atoms with E-state index in [0.29, 0.717) is 25.8 Å². The molecule has 2 fully saturated rings. The standard InChI is InChI=1S/C19H25NO3/c1-2-7-15-12-17(22)20(13-14-8-4-3-5-9-14)18(23)19(15)11-6-10-16(19)21/h3-5,8-9,15,17,22H,2,6-7,10-13H2,1H3/t15-,17+,19-/m0/s1. The highest BCUT2D eigenvalue weighted by Crippen LogP contribution is 2.50. The first-order valence-corrected chi connectivity index (χ1v) is 8.66. The number of benzene rings is 1. The zero-order valence-electron chi connectivity index (χ0n) is 13.7. The molecule has 1 aromatic carbocycles. The van der Waals surface area contributed by atoms with Crippen molar-refractivity contribution in [1.29, 1.82) is 0 Å². The van der Waals surface area contributed by atoms with Gasteiger partial charge in [-0.05, 0) is 37.2 Å². The zero-order valence-corrected chi connectivity index (χ0v) is 13.7. The largest absolute Gasteiger partial charge is 0.374 e. The number of amides is 1. The molecule has 1 spiro atoms. The molecule has 0 radical (unpaired) electrons. The summed E-state index contributed by atoms with van der Waals surface area (Å²) in [4.78, 5) is 27.3. The lowest BCUT2D eigenvalue weighted by atomic mass is 9.66. The van der Waals surface area contributed by atoms with Crippen LogP contribution >= 0.6 is 0 Å². The van der Waals surface area contributed by atoms with E-state index in [1.165, 1.54) is 4.90 Å². The lowest BCUT2D eigenvalue weighted by Gasteiger charge is -2.46. The van der Waals surface area contributed by atoms with Crippen molar-refractivity contribution in [2.24, 2.45) is 11.3 Å². The fraction of sp³-hybridized carbons (Fsp3) is 0.579. The van der Waals surface area contributed by atoms with E-state index in [9.17, 15) is 14.7 Å². The Bertz CT molecular complexity index is 586. The lowest BCUT2D eigenvalue weighted by Crippen LogP contribution is -2.59. The van der Waals surface area contributed by atoms with Crippen molar-refractivity contribution >= 4 is 11.7 Å². The molecule has 1 amide bonds. The van der Waals surface area contributed by atoms with Gasteiger partial charge in [0.2, 0.25) is 5.91 Å². The van der Waals surface area contributed by atoms with E-state index < -0.39 is 11.6 Å². The molecule has 4 nitrogen and oxygen atoms in total. The molecule has 23 heavy (non-hydrogen) atoms. The van der Waals surface area contributed by atoms with Crippen molar-refractivity contribution in [2.75, 3.05) is 0 Å². The number of piperidine rings is 1. The van der Waals surface area contributed by atoms with Crippen LogP contribution in [0, 0.1) is 11.3 Å². The third-order valence-electron chi connectivity index (χ3n) is 5.50. The molecule has 1 saturated carbocycles. The Kier molecular flexibility index (Phi) is 4.53. The molecule has 0 unspecified atom stereocenters. The first-order chi connectivity index (χ1) is 11.1. The van der Waals surface area contributed by atoms with Gasteiger partial charge in [-0.3, -0.25) is 9.59 Å². The first-order valence-electron chi connectivity index (χ1n) is 8.66. The second kappa shape index (κ2) is 6.44. The Hall–Kier alpha value is -1.68. The number of likely N-dealkylation sites (tertiary alicyclic amines) is 1. The molecule has 1 saturated heterocycles. The minimum Gasteiger partial charge on any atom is -0.374 e. The van der Waals surface area contributed by atoms with Gasteiger partial charge in [0.15, 0.2) is 0 Å². The van der Waals surface area contributed by atoms with Crippen molar-refractivity contribution in [3.8, 4) is 0 Å². The minimum atomic E-state index is -0.871. The molecule has 124 valence electrons. The van der Waals surface area contributed by atoms with E-state index >= 15 is 0 Å². The van der Waals surface area contributed by atoms with Crippen molar-refractivity contribution < 1.29 is 14.7 Å². The molecule has 1 aromatic rings. The van der Waals surface area contributed by atoms with Crippen LogP contribution in [0.3, 0.4) is 0 Å². The molecular weight excluding hydrogens is 290 g/mol. The van der Waals surface area contributed by atoms with Gasteiger partial charge in [0, 0.05) is 13.0 Å². The number of aliphatic hydroxyl groups is 1. The fourth-order valence-electron chi connectivity index (χ4n) is 4.37. The molecule has 1 N–H and O–H groups in total. The molecule has 4 heteroatoms. The number of rotatable bonds is 4. The molecule has 1 aliphatic heterocycles. The number of nitrogens with zero attached hydrogens (tertiary/aromatic N) is 1. The van der Waals surface area contributed by atoms with Crippen LogP contribution in [-0.4, -0.2) is 27.9 Å². The number of carbonyl (C=O) groups excluding carboxylic acids is 2. The van der Waals surface area contributed by atoms with Crippen LogP contribution < -0.4 is 0 Å². The summed E-state index contributed by atoms with van der Waals surface area (Å²) >= 11 is 0. The van der Waals surface area contributed by atoms with Gasteiger partial charge in [0.05, 0.1) is 0 Å². The average Bonchev–Trinajstić information content (AvgIpc) is 2.93. The van der Waals surface area contributed by atoms with Crippen LogP contribution in [0.5, 0.6) is 0 Å². The molecule has 2 aliphatic rings. The highest BCUT2D eigenvalue weighted by molar-refractivity contribution is 6.08. The maximum atomic E-state index is 13.2. The SMILES string of the molecule is CCC[C@H]1C[C@@H](O)N(Cc2ccccc2)C(=O)[C@@]12CCCC2=O. The predicted molar refractivity (Wildman–Crippen MR) is 87.3 cm³/mol. The van der Waals surface area contributed by atoms with Gasteiger partial charge in [-0.2, -0.15) is 0 Å². The van der Waals surface area contributed by atoms with Crippen LogP contribution in [0.25, 0.3) is 0 Å². The highest BCUT2D eigenvalue weighted by Gasteiger charge is 2.58. The van der Waals surface area contributed by atoms with Gasteiger partial charge in [0.1, 0.15) is 17.4 Å². The van der Waals surface area contributed by atoms with Crippen LogP contribution in [0.1, 0.15) is 51.0 Å². The van der Waals surface area contributed by atoms with Crippen LogP contribution in [-0.2, 0) is 16.1 Å². The zero-order chi connectivity index (χ0) is 16.4. The van der Waals surface area contributed by atoms with Crippen molar-refractivity contribution in [3.05, 3.63) is 35.9 Å². The number of carbonyl (C=O) groups is 2. The Balaban J connectivity index is 1.91. The molecule has 1 aliphatic carbocycles. The lowest BCUT2D eigenvalue weighted by molar-refractivity contribution is -0.174. The summed E-state index contributed by atoms with van der Waals surface area (Å²) in [5.74, 6) is -0.0796. The number of hydrogen-bond donors (Lipinski definition) is 1. The Morgan fingerprint density at radius 2 is 2.00 bits per heavy atom. The highest BCUT2D eigenvalue weighted by atomic mass is 16.3. The van der Waals surface area contributed by atoms with Crippen LogP contribution in [0.4, 0.5) is 0 Å². The van der Waals surface area contributed by atoms with Gasteiger partial charge in [-0.15, -0.1) is 0 Å². The molecular formula is C19H25NO3. The van der Waals surface area contributed by atoms with Crippen LogP contribution in [0.2, 0.25) is 0 Å². The van der Waals surface area contributed by atoms with Crippen LogP contribution in [0.15, 0.2) is 30.3 Å². The van der Waals surface area contributed by atoms with E-state index in [4.69, 9.17) is 0 Å². The average molecular weight is 315 g/mol. The van der Waals surface area contributed by atoms with Gasteiger partial charge in [-0.1, -0.05) is 43.7 Å².